The maximum Gasteiger partial charge on any atom is 0.416 e. The third-order valence-electron chi connectivity index (χ3n) is 5.15. The highest BCUT2D eigenvalue weighted by Gasteiger charge is 2.30. The number of anilines is 5. The smallest absolute Gasteiger partial charge is 0.416 e. The Hall–Kier alpha value is -5.19. The van der Waals surface area contributed by atoms with Crippen LogP contribution >= 0.6 is 0 Å². The number of hydrogen-bond acceptors (Lipinski definition) is 8. The second kappa shape index (κ2) is 10.8. The standard InChI is InChI=1S/C27H20F3N7O/c28-27(29,30)19-9-7-8-18(16-19)23-15-14-22(38-23)17-31-37-26-35-24(32-20-10-3-1-4-11-20)34-25(36-26)33-21-12-5-2-6-13-21/h1-17H,(H3,32,33,34,35,36,37). The second-order valence-electron chi connectivity index (χ2n) is 7.94. The Morgan fingerprint density at radius 2 is 1.29 bits per heavy atom. The summed E-state index contributed by atoms with van der Waals surface area (Å²) in [6.07, 6.45) is -3.07. The van der Waals surface area contributed by atoms with Crippen LogP contribution in [0.1, 0.15) is 11.3 Å². The van der Waals surface area contributed by atoms with Gasteiger partial charge in [0.1, 0.15) is 11.5 Å². The Bertz CT molecular complexity index is 1480. The summed E-state index contributed by atoms with van der Waals surface area (Å²) in [5, 5.41) is 10.4. The highest BCUT2D eigenvalue weighted by Crippen LogP contribution is 2.32. The molecule has 0 aliphatic carbocycles. The molecule has 0 saturated heterocycles. The summed E-state index contributed by atoms with van der Waals surface area (Å²) in [5.41, 5.74) is 3.87. The van der Waals surface area contributed by atoms with Crippen LogP contribution in [0.4, 0.5) is 42.4 Å². The zero-order valence-electron chi connectivity index (χ0n) is 19.6. The quantitative estimate of drug-likeness (QED) is 0.150. The number of nitrogens with zero attached hydrogens (tertiary/aromatic N) is 4. The van der Waals surface area contributed by atoms with Crippen molar-refractivity contribution in [1.82, 2.24) is 15.0 Å². The molecule has 0 aliphatic rings. The highest BCUT2D eigenvalue weighted by molar-refractivity contribution is 5.78. The number of halogens is 3. The van der Waals surface area contributed by atoms with Crippen LogP contribution in [0.3, 0.4) is 0 Å². The molecule has 190 valence electrons. The van der Waals surface area contributed by atoms with E-state index in [0.29, 0.717) is 11.3 Å². The molecular weight excluding hydrogens is 495 g/mol. The van der Waals surface area contributed by atoms with E-state index < -0.39 is 11.7 Å². The second-order valence-corrected chi connectivity index (χ2v) is 7.94. The molecule has 0 aliphatic heterocycles. The average molecular weight is 515 g/mol. The third kappa shape index (κ3) is 6.32. The van der Waals surface area contributed by atoms with Crippen molar-refractivity contribution in [3.8, 4) is 11.3 Å². The minimum atomic E-state index is -4.44. The van der Waals surface area contributed by atoms with Gasteiger partial charge in [0.05, 0.1) is 11.8 Å². The minimum Gasteiger partial charge on any atom is -0.455 e. The van der Waals surface area contributed by atoms with E-state index in [1.165, 1.54) is 12.3 Å². The summed E-state index contributed by atoms with van der Waals surface area (Å²) in [6, 6.07) is 26.9. The Labute approximate surface area is 215 Å². The Balaban J connectivity index is 1.34. The molecule has 38 heavy (non-hydrogen) atoms. The number of benzene rings is 3. The third-order valence-corrected chi connectivity index (χ3v) is 5.15. The molecule has 0 radical (unpaired) electrons. The van der Waals surface area contributed by atoms with Gasteiger partial charge in [-0.15, -0.1) is 0 Å². The molecule has 0 bridgehead atoms. The Morgan fingerprint density at radius 3 is 1.89 bits per heavy atom. The monoisotopic (exact) mass is 515 g/mol. The molecule has 11 heteroatoms. The molecule has 8 nitrogen and oxygen atoms in total. The lowest BCUT2D eigenvalue weighted by molar-refractivity contribution is -0.137. The largest absolute Gasteiger partial charge is 0.455 e. The van der Waals surface area contributed by atoms with Crippen LogP contribution in [0.2, 0.25) is 0 Å². The Kier molecular flexibility index (Phi) is 6.98. The normalized spacial score (nSPS) is 11.4. The van der Waals surface area contributed by atoms with Crippen molar-refractivity contribution in [2.45, 2.75) is 6.18 Å². The number of hydrazone groups is 1. The van der Waals surface area contributed by atoms with Crippen LogP contribution in [0.5, 0.6) is 0 Å². The first-order valence-corrected chi connectivity index (χ1v) is 11.4. The average Bonchev–Trinajstić information content (AvgIpc) is 3.38. The summed E-state index contributed by atoms with van der Waals surface area (Å²) in [6.45, 7) is 0. The topological polar surface area (TPSA) is 100 Å². The summed E-state index contributed by atoms with van der Waals surface area (Å²) in [5.74, 6) is 1.32. The molecule has 0 fully saturated rings. The molecule has 0 atom stereocenters. The molecule has 3 N–H and O–H groups in total. The molecule has 0 saturated carbocycles. The number of furan rings is 1. The lowest BCUT2D eigenvalue weighted by atomic mass is 10.1. The molecule has 0 spiro atoms. The first kappa shape index (κ1) is 24.5. The fraction of sp³-hybridized carbons (Fsp3) is 0.0370. The predicted molar refractivity (Wildman–Crippen MR) is 140 cm³/mol. The van der Waals surface area contributed by atoms with Gasteiger partial charge in [0.2, 0.25) is 17.8 Å². The molecule has 3 aromatic carbocycles. The van der Waals surface area contributed by atoms with Crippen molar-refractivity contribution >= 4 is 35.4 Å². The fourth-order valence-corrected chi connectivity index (χ4v) is 3.42. The minimum absolute atomic E-state index is 0.151. The Morgan fingerprint density at radius 1 is 0.684 bits per heavy atom. The number of hydrogen-bond donors (Lipinski definition) is 3. The fourth-order valence-electron chi connectivity index (χ4n) is 3.42. The number of para-hydroxylation sites is 2. The van der Waals surface area contributed by atoms with E-state index in [1.807, 2.05) is 60.7 Å². The number of rotatable bonds is 8. The summed E-state index contributed by atoms with van der Waals surface area (Å²) >= 11 is 0. The molecule has 5 aromatic rings. The van der Waals surface area contributed by atoms with E-state index in [1.54, 1.807) is 18.2 Å². The van der Waals surface area contributed by atoms with Crippen LogP contribution < -0.4 is 16.1 Å². The van der Waals surface area contributed by atoms with E-state index >= 15 is 0 Å². The maximum absolute atomic E-state index is 13.0. The van der Waals surface area contributed by atoms with Gasteiger partial charge < -0.3 is 15.1 Å². The summed E-state index contributed by atoms with van der Waals surface area (Å²) < 4.78 is 44.7. The van der Waals surface area contributed by atoms with Crippen molar-refractivity contribution in [2.75, 3.05) is 16.1 Å². The number of alkyl halides is 3. The van der Waals surface area contributed by atoms with E-state index in [2.05, 4.69) is 36.1 Å². The van der Waals surface area contributed by atoms with Crippen LogP contribution in [0.25, 0.3) is 11.3 Å². The van der Waals surface area contributed by atoms with Crippen LogP contribution in [0.15, 0.2) is 107 Å². The first-order chi connectivity index (χ1) is 18.4. The summed E-state index contributed by atoms with van der Waals surface area (Å²) in [7, 11) is 0. The predicted octanol–water partition coefficient (Wildman–Crippen LogP) is 7.08. The van der Waals surface area contributed by atoms with E-state index in [0.717, 1.165) is 23.5 Å². The molecule has 2 heterocycles. The zero-order chi connectivity index (χ0) is 26.4. The number of aromatic nitrogens is 3. The van der Waals surface area contributed by atoms with Gasteiger partial charge in [-0.2, -0.15) is 33.2 Å². The zero-order valence-corrected chi connectivity index (χ0v) is 19.6. The van der Waals surface area contributed by atoms with Crippen LogP contribution in [0, 0.1) is 0 Å². The lowest BCUT2D eigenvalue weighted by Crippen LogP contribution is -2.07. The van der Waals surface area contributed by atoms with Gasteiger partial charge in [-0.25, -0.2) is 5.43 Å². The van der Waals surface area contributed by atoms with E-state index in [9.17, 15) is 13.2 Å². The van der Waals surface area contributed by atoms with Crippen molar-refractivity contribution in [3.05, 3.63) is 108 Å². The molecule has 0 amide bonds. The SMILES string of the molecule is FC(F)(F)c1cccc(-c2ccc(C=NNc3nc(Nc4ccccc4)nc(Nc4ccccc4)n3)o2)c1. The van der Waals surface area contributed by atoms with Gasteiger partial charge >= 0.3 is 6.18 Å². The molecule has 5 rings (SSSR count). The van der Waals surface area contributed by atoms with Crippen LogP contribution in [-0.4, -0.2) is 21.2 Å². The van der Waals surface area contributed by atoms with Crippen molar-refractivity contribution in [1.29, 1.82) is 0 Å². The van der Waals surface area contributed by atoms with Gasteiger partial charge in [0.25, 0.3) is 0 Å². The van der Waals surface area contributed by atoms with Gasteiger partial charge in [-0.1, -0.05) is 48.5 Å². The molecular formula is C27H20F3N7O. The van der Waals surface area contributed by atoms with Crippen LogP contribution in [-0.2, 0) is 6.18 Å². The number of nitrogens with one attached hydrogen (secondary N) is 3. The molecule has 0 unspecified atom stereocenters. The summed E-state index contributed by atoms with van der Waals surface area (Å²) in [4.78, 5) is 13.1. The van der Waals surface area contributed by atoms with Crippen molar-refractivity contribution in [2.24, 2.45) is 5.10 Å². The maximum atomic E-state index is 13.0. The van der Waals surface area contributed by atoms with Crippen molar-refractivity contribution < 1.29 is 17.6 Å². The highest BCUT2D eigenvalue weighted by atomic mass is 19.4. The van der Waals surface area contributed by atoms with E-state index in [-0.39, 0.29) is 23.6 Å². The van der Waals surface area contributed by atoms with Crippen molar-refractivity contribution in [3.63, 3.8) is 0 Å². The first-order valence-electron chi connectivity index (χ1n) is 11.4. The van der Waals surface area contributed by atoms with Gasteiger partial charge in [0, 0.05) is 16.9 Å². The van der Waals surface area contributed by atoms with Gasteiger partial charge in [-0.05, 0) is 48.5 Å². The van der Waals surface area contributed by atoms with Gasteiger partial charge in [0.15, 0.2) is 0 Å². The lowest BCUT2D eigenvalue weighted by Gasteiger charge is -2.10. The van der Waals surface area contributed by atoms with E-state index in [4.69, 9.17) is 4.42 Å². The van der Waals surface area contributed by atoms with Gasteiger partial charge in [-0.3, -0.25) is 0 Å². The molecule has 2 aromatic heterocycles.